The van der Waals surface area contributed by atoms with E-state index in [9.17, 15) is 9.59 Å². The van der Waals surface area contributed by atoms with Gasteiger partial charge >= 0.3 is 5.97 Å². The van der Waals surface area contributed by atoms with Crippen LogP contribution in [0.2, 0.25) is 0 Å². The van der Waals surface area contributed by atoms with Gasteiger partial charge in [-0.15, -0.1) is 0 Å². The van der Waals surface area contributed by atoms with E-state index in [1.165, 1.54) is 12.8 Å². The van der Waals surface area contributed by atoms with Crippen molar-refractivity contribution < 1.29 is 14.7 Å². The van der Waals surface area contributed by atoms with Gasteiger partial charge in [-0.05, 0) is 45.0 Å². The highest BCUT2D eigenvalue weighted by Gasteiger charge is 2.25. The number of carbonyl (C=O) groups is 2. The summed E-state index contributed by atoms with van der Waals surface area (Å²) < 4.78 is 0. The molecule has 2 aliphatic rings. The van der Waals surface area contributed by atoms with Crippen LogP contribution in [0.1, 0.15) is 36.5 Å². The summed E-state index contributed by atoms with van der Waals surface area (Å²) in [6, 6.07) is 3.90. The zero-order valence-electron chi connectivity index (χ0n) is 15.9. The number of rotatable bonds is 6. The maximum Gasteiger partial charge on any atom is 0.305 e. The van der Waals surface area contributed by atoms with E-state index in [1.807, 2.05) is 6.07 Å². The van der Waals surface area contributed by atoms with Crippen LogP contribution >= 0.6 is 0 Å². The summed E-state index contributed by atoms with van der Waals surface area (Å²) in [6.07, 6.45) is 3.92. The highest BCUT2D eigenvalue weighted by molar-refractivity contribution is 5.94. The van der Waals surface area contributed by atoms with Gasteiger partial charge in [-0.25, -0.2) is 4.98 Å². The van der Waals surface area contributed by atoms with Gasteiger partial charge in [0.05, 0.1) is 12.0 Å². The Morgan fingerprint density at radius 3 is 2.56 bits per heavy atom. The first-order valence-electron chi connectivity index (χ1n) is 9.71. The maximum atomic E-state index is 12.2. The summed E-state index contributed by atoms with van der Waals surface area (Å²) in [6.45, 7) is 7.87. The lowest BCUT2D eigenvalue weighted by Crippen LogP contribution is -2.53. The minimum absolute atomic E-state index is 0.0986. The summed E-state index contributed by atoms with van der Waals surface area (Å²) in [7, 11) is 0. The molecule has 1 unspecified atom stereocenters. The number of anilines is 1. The fourth-order valence-electron chi connectivity index (χ4n) is 3.82. The molecule has 1 aromatic heterocycles. The molecule has 3 N–H and O–H groups in total. The second-order valence-corrected chi connectivity index (χ2v) is 7.38. The van der Waals surface area contributed by atoms with Gasteiger partial charge in [0.15, 0.2) is 0 Å². The van der Waals surface area contributed by atoms with Crippen molar-refractivity contribution in [3.63, 3.8) is 0 Å². The zero-order valence-corrected chi connectivity index (χ0v) is 15.9. The molecule has 0 radical (unpaired) electrons. The van der Waals surface area contributed by atoms with Crippen LogP contribution in [-0.2, 0) is 4.79 Å². The average molecular weight is 375 g/mol. The van der Waals surface area contributed by atoms with E-state index in [0.29, 0.717) is 11.6 Å². The fourth-order valence-corrected chi connectivity index (χ4v) is 3.82. The van der Waals surface area contributed by atoms with Crippen LogP contribution in [-0.4, -0.2) is 78.2 Å². The Morgan fingerprint density at radius 1 is 1.26 bits per heavy atom. The molecule has 0 bridgehead atoms. The molecule has 3 heterocycles. The third-order valence-electron chi connectivity index (χ3n) is 5.33. The number of hydrogen-bond donors (Lipinski definition) is 3. The number of carbonyl (C=O) groups excluding carboxylic acids is 1. The SMILES string of the molecule is CC(CC(=O)O)NC(=O)c1ccc(N2CCN(C3CCNCC3)CC2)nc1. The number of pyridine rings is 1. The third-order valence-corrected chi connectivity index (χ3v) is 5.33. The number of hydrogen-bond acceptors (Lipinski definition) is 6. The van der Waals surface area contributed by atoms with Crippen LogP contribution in [0.4, 0.5) is 5.82 Å². The minimum atomic E-state index is -0.931. The molecule has 1 amide bonds. The van der Waals surface area contributed by atoms with Crippen LogP contribution in [0, 0.1) is 0 Å². The molecule has 2 aliphatic heterocycles. The van der Waals surface area contributed by atoms with Crippen molar-refractivity contribution >= 4 is 17.7 Å². The molecule has 0 aromatic carbocycles. The van der Waals surface area contributed by atoms with Crippen LogP contribution in [0.3, 0.4) is 0 Å². The van der Waals surface area contributed by atoms with Gasteiger partial charge in [-0.2, -0.15) is 0 Å². The van der Waals surface area contributed by atoms with Crippen molar-refractivity contribution in [2.75, 3.05) is 44.2 Å². The second kappa shape index (κ2) is 9.14. The standard InChI is InChI=1S/C19H29N5O3/c1-14(12-18(25)26)22-19(27)15-2-3-17(21-13-15)24-10-8-23(9-11-24)16-4-6-20-7-5-16/h2-3,13-14,16,20H,4-12H2,1H3,(H,22,27)(H,25,26). The van der Waals surface area contributed by atoms with E-state index < -0.39 is 12.0 Å². The Balaban J connectivity index is 1.50. The molecule has 1 atom stereocenters. The van der Waals surface area contributed by atoms with E-state index in [-0.39, 0.29) is 12.3 Å². The van der Waals surface area contributed by atoms with Crippen molar-refractivity contribution in [1.82, 2.24) is 20.5 Å². The van der Waals surface area contributed by atoms with Crippen molar-refractivity contribution in [3.05, 3.63) is 23.9 Å². The summed E-state index contributed by atoms with van der Waals surface area (Å²) in [5.74, 6) is -0.339. The monoisotopic (exact) mass is 375 g/mol. The fraction of sp³-hybridized carbons (Fsp3) is 0.632. The number of nitrogens with one attached hydrogen (secondary N) is 2. The van der Waals surface area contributed by atoms with Crippen molar-refractivity contribution in [2.45, 2.75) is 38.3 Å². The summed E-state index contributed by atoms with van der Waals surface area (Å²) in [5.41, 5.74) is 0.448. The molecule has 3 rings (SSSR count). The highest BCUT2D eigenvalue weighted by atomic mass is 16.4. The van der Waals surface area contributed by atoms with Crippen LogP contribution in [0.5, 0.6) is 0 Å². The number of carboxylic acid groups (broad SMARTS) is 1. The lowest BCUT2D eigenvalue weighted by Gasteiger charge is -2.41. The van der Waals surface area contributed by atoms with Gasteiger partial charge < -0.3 is 20.6 Å². The lowest BCUT2D eigenvalue weighted by atomic mass is 10.0. The number of carboxylic acids is 1. The Labute approximate surface area is 159 Å². The first kappa shape index (κ1) is 19.6. The first-order valence-corrected chi connectivity index (χ1v) is 9.71. The molecule has 8 heteroatoms. The van der Waals surface area contributed by atoms with Crippen molar-refractivity contribution in [3.8, 4) is 0 Å². The van der Waals surface area contributed by atoms with Gasteiger partial charge in [-0.3, -0.25) is 14.5 Å². The Kier molecular flexibility index (Phi) is 6.63. The second-order valence-electron chi connectivity index (χ2n) is 7.38. The predicted molar refractivity (Wildman–Crippen MR) is 103 cm³/mol. The topological polar surface area (TPSA) is 97.8 Å². The Morgan fingerprint density at radius 2 is 1.96 bits per heavy atom. The number of piperidine rings is 1. The number of nitrogens with zero attached hydrogens (tertiary/aromatic N) is 3. The van der Waals surface area contributed by atoms with Crippen LogP contribution < -0.4 is 15.5 Å². The van der Waals surface area contributed by atoms with E-state index in [2.05, 4.69) is 25.4 Å². The van der Waals surface area contributed by atoms with Crippen molar-refractivity contribution in [2.24, 2.45) is 0 Å². The maximum absolute atomic E-state index is 12.2. The van der Waals surface area contributed by atoms with Gasteiger partial charge in [0.1, 0.15) is 5.82 Å². The zero-order chi connectivity index (χ0) is 19.2. The summed E-state index contributed by atoms with van der Waals surface area (Å²) in [5, 5.41) is 14.9. The number of amides is 1. The number of piperazine rings is 1. The molecule has 2 fully saturated rings. The van der Waals surface area contributed by atoms with E-state index in [4.69, 9.17) is 5.11 Å². The molecule has 0 spiro atoms. The molecular weight excluding hydrogens is 346 g/mol. The highest BCUT2D eigenvalue weighted by Crippen LogP contribution is 2.18. The molecule has 27 heavy (non-hydrogen) atoms. The van der Waals surface area contributed by atoms with Gasteiger partial charge in [0.2, 0.25) is 0 Å². The minimum Gasteiger partial charge on any atom is -0.481 e. The lowest BCUT2D eigenvalue weighted by molar-refractivity contribution is -0.137. The molecule has 0 aliphatic carbocycles. The predicted octanol–water partition coefficient (Wildman–Crippen LogP) is 0.549. The molecule has 148 valence electrons. The Bertz CT molecular complexity index is 637. The average Bonchev–Trinajstić information content (AvgIpc) is 2.68. The van der Waals surface area contributed by atoms with Gasteiger partial charge in [-0.1, -0.05) is 0 Å². The van der Waals surface area contributed by atoms with Crippen LogP contribution in [0.15, 0.2) is 18.3 Å². The summed E-state index contributed by atoms with van der Waals surface area (Å²) >= 11 is 0. The Hall–Kier alpha value is -2.19. The molecule has 1 aromatic rings. The number of aromatic nitrogens is 1. The molecule has 2 saturated heterocycles. The molecule has 8 nitrogen and oxygen atoms in total. The van der Waals surface area contributed by atoms with E-state index in [1.54, 1.807) is 19.2 Å². The first-order chi connectivity index (χ1) is 13.0. The smallest absolute Gasteiger partial charge is 0.305 e. The normalized spacial score (nSPS) is 20.3. The third kappa shape index (κ3) is 5.40. The van der Waals surface area contributed by atoms with E-state index in [0.717, 1.165) is 45.1 Å². The molecular formula is C19H29N5O3. The molecule has 0 saturated carbocycles. The summed E-state index contributed by atoms with van der Waals surface area (Å²) in [4.78, 5) is 32.2. The quantitative estimate of drug-likeness (QED) is 0.668. The van der Waals surface area contributed by atoms with Gasteiger partial charge in [0, 0.05) is 44.5 Å². The van der Waals surface area contributed by atoms with E-state index >= 15 is 0 Å². The van der Waals surface area contributed by atoms with Gasteiger partial charge in [0.25, 0.3) is 5.91 Å². The largest absolute Gasteiger partial charge is 0.481 e. The van der Waals surface area contributed by atoms with Crippen LogP contribution in [0.25, 0.3) is 0 Å². The van der Waals surface area contributed by atoms with Crippen molar-refractivity contribution in [1.29, 1.82) is 0 Å². The number of aliphatic carboxylic acids is 1.